The molecule has 1 saturated carbocycles. The van der Waals surface area contributed by atoms with E-state index in [4.69, 9.17) is 10.2 Å². The van der Waals surface area contributed by atoms with Crippen LogP contribution in [0.15, 0.2) is 22.6 Å². The van der Waals surface area contributed by atoms with Gasteiger partial charge in [-0.25, -0.2) is 4.98 Å². The summed E-state index contributed by atoms with van der Waals surface area (Å²) >= 11 is 0. The molecule has 1 aliphatic rings. The number of amides is 1. The van der Waals surface area contributed by atoms with Crippen molar-refractivity contribution in [3.63, 3.8) is 0 Å². The lowest BCUT2D eigenvalue weighted by Crippen LogP contribution is -2.52. The second-order valence-corrected chi connectivity index (χ2v) is 7.62. The number of anilines is 1. The Kier molecular flexibility index (Phi) is 5.25. The highest BCUT2D eigenvalue weighted by atomic mass is 35.5. The molecule has 1 aliphatic carbocycles. The number of carbonyl (C=O) groups is 1. The molecular weight excluding hydrogens is 326 g/mol. The van der Waals surface area contributed by atoms with E-state index in [0.29, 0.717) is 11.6 Å². The molecule has 0 radical (unpaired) electrons. The van der Waals surface area contributed by atoms with Crippen LogP contribution in [0.4, 0.5) is 5.69 Å². The topological polar surface area (TPSA) is 81.2 Å². The van der Waals surface area contributed by atoms with Gasteiger partial charge in [-0.3, -0.25) is 4.79 Å². The minimum atomic E-state index is -0.742. The van der Waals surface area contributed by atoms with Crippen LogP contribution in [0, 0.1) is 0 Å². The van der Waals surface area contributed by atoms with Gasteiger partial charge in [-0.05, 0) is 31.0 Å². The Balaban J connectivity index is 0.00000208. The maximum Gasteiger partial charge on any atom is 0.244 e. The molecule has 0 unspecified atom stereocenters. The van der Waals surface area contributed by atoms with Crippen LogP contribution in [-0.2, 0) is 10.2 Å². The van der Waals surface area contributed by atoms with E-state index in [2.05, 4.69) is 31.1 Å². The van der Waals surface area contributed by atoms with Crippen LogP contribution in [0.3, 0.4) is 0 Å². The summed E-state index contributed by atoms with van der Waals surface area (Å²) in [6, 6.07) is 5.53. The summed E-state index contributed by atoms with van der Waals surface area (Å²) in [5, 5.41) is 2.95. The first-order chi connectivity index (χ1) is 10.8. The number of hydrogen-bond donors (Lipinski definition) is 2. The molecule has 0 atom stereocenters. The van der Waals surface area contributed by atoms with Crippen molar-refractivity contribution in [2.75, 3.05) is 5.32 Å². The predicted molar refractivity (Wildman–Crippen MR) is 98.6 cm³/mol. The largest absolute Gasteiger partial charge is 0.440 e. The normalized spacial score (nSPS) is 17.3. The van der Waals surface area contributed by atoms with E-state index in [1.807, 2.05) is 18.2 Å². The zero-order valence-corrected chi connectivity index (χ0v) is 15.3. The lowest BCUT2D eigenvalue weighted by molar-refractivity contribution is -0.122. The number of nitrogens with one attached hydrogen (secondary N) is 1. The van der Waals surface area contributed by atoms with Crippen LogP contribution in [0.1, 0.15) is 58.8 Å². The summed E-state index contributed by atoms with van der Waals surface area (Å²) < 4.78 is 5.78. The number of aromatic nitrogens is 1. The number of hydrogen-bond acceptors (Lipinski definition) is 4. The molecule has 0 aliphatic heterocycles. The number of oxazole rings is 1. The molecule has 0 spiro atoms. The third-order valence-electron chi connectivity index (χ3n) is 4.49. The van der Waals surface area contributed by atoms with E-state index in [-0.39, 0.29) is 23.7 Å². The summed E-state index contributed by atoms with van der Waals surface area (Å²) in [4.78, 5) is 17.0. The van der Waals surface area contributed by atoms with Gasteiger partial charge in [-0.2, -0.15) is 0 Å². The average Bonchev–Trinajstić information content (AvgIpc) is 2.91. The van der Waals surface area contributed by atoms with Gasteiger partial charge in [0.1, 0.15) is 5.52 Å². The number of fused-ring (bicyclic) bond motifs is 1. The van der Waals surface area contributed by atoms with Gasteiger partial charge < -0.3 is 15.5 Å². The van der Waals surface area contributed by atoms with Crippen molar-refractivity contribution >= 4 is 35.1 Å². The molecule has 2 aromatic rings. The highest BCUT2D eigenvalue weighted by Gasteiger charge is 2.35. The smallest absolute Gasteiger partial charge is 0.244 e. The number of nitrogens with two attached hydrogens (primary N) is 1. The molecule has 5 nitrogen and oxygen atoms in total. The van der Waals surface area contributed by atoms with E-state index in [0.717, 1.165) is 43.2 Å². The highest BCUT2D eigenvalue weighted by molar-refractivity contribution is 5.99. The van der Waals surface area contributed by atoms with Crippen molar-refractivity contribution < 1.29 is 9.21 Å². The van der Waals surface area contributed by atoms with Gasteiger partial charge in [-0.1, -0.05) is 40.0 Å². The molecule has 1 aromatic carbocycles. The highest BCUT2D eigenvalue weighted by Crippen LogP contribution is 2.29. The van der Waals surface area contributed by atoms with E-state index in [1.165, 1.54) is 0 Å². The summed E-state index contributed by atoms with van der Waals surface area (Å²) in [7, 11) is 0. The summed E-state index contributed by atoms with van der Waals surface area (Å²) in [5.74, 6) is 0.592. The molecule has 1 aromatic heterocycles. The van der Waals surface area contributed by atoms with Gasteiger partial charge >= 0.3 is 0 Å². The number of rotatable bonds is 2. The molecular formula is C18H26ClN3O2. The van der Waals surface area contributed by atoms with E-state index < -0.39 is 5.54 Å². The maximum absolute atomic E-state index is 12.5. The number of nitrogens with zero attached hydrogens (tertiary/aromatic N) is 1. The second kappa shape index (κ2) is 6.73. The van der Waals surface area contributed by atoms with E-state index >= 15 is 0 Å². The van der Waals surface area contributed by atoms with Gasteiger partial charge in [0.25, 0.3) is 0 Å². The first-order valence-electron chi connectivity index (χ1n) is 8.29. The van der Waals surface area contributed by atoms with Crippen LogP contribution in [0.25, 0.3) is 11.1 Å². The monoisotopic (exact) mass is 351 g/mol. The van der Waals surface area contributed by atoms with Gasteiger partial charge in [-0.15, -0.1) is 12.4 Å². The molecule has 1 heterocycles. The Morgan fingerprint density at radius 2 is 1.92 bits per heavy atom. The van der Waals surface area contributed by atoms with Crippen molar-refractivity contribution in [1.82, 2.24) is 4.98 Å². The molecule has 3 rings (SSSR count). The fourth-order valence-corrected chi connectivity index (χ4v) is 2.99. The standard InChI is InChI=1S/C18H25N3O2.ClH/c1-17(2,3)16-21-13-11-12(7-8-14(13)23-16)20-15(22)18(19)9-5-4-6-10-18;/h7-8,11H,4-6,9-10,19H2,1-3H3,(H,20,22);1H. The summed E-state index contributed by atoms with van der Waals surface area (Å²) in [6.07, 6.45) is 4.69. The zero-order chi connectivity index (χ0) is 16.7. The number of benzene rings is 1. The Bertz CT molecular complexity index is 727. The second-order valence-electron chi connectivity index (χ2n) is 7.62. The van der Waals surface area contributed by atoms with Gasteiger partial charge in [0, 0.05) is 11.1 Å². The first-order valence-corrected chi connectivity index (χ1v) is 8.29. The van der Waals surface area contributed by atoms with Gasteiger partial charge in [0.05, 0.1) is 5.54 Å². The summed E-state index contributed by atoms with van der Waals surface area (Å²) in [5.41, 5.74) is 7.59. The molecule has 1 amide bonds. The fourth-order valence-electron chi connectivity index (χ4n) is 2.99. The van der Waals surface area contributed by atoms with Crippen LogP contribution >= 0.6 is 12.4 Å². The third kappa shape index (κ3) is 3.73. The maximum atomic E-state index is 12.5. The van der Waals surface area contributed by atoms with Crippen molar-refractivity contribution in [2.45, 2.75) is 63.8 Å². The molecule has 0 saturated heterocycles. The van der Waals surface area contributed by atoms with E-state index in [9.17, 15) is 4.79 Å². The zero-order valence-electron chi connectivity index (χ0n) is 14.5. The molecule has 24 heavy (non-hydrogen) atoms. The SMILES string of the molecule is CC(C)(C)c1nc2cc(NC(=O)C3(N)CCCCC3)ccc2o1.Cl. The lowest BCUT2D eigenvalue weighted by atomic mass is 9.82. The lowest BCUT2D eigenvalue weighted by Gasteiger charge is -2.31. The summed E-state index contributed by atoms with van der Waals surface area (Å²) in [6.45, 7) is 6.17. The minimum Gasteiger partial charge on any atom is -0.440 e. The minimum absolute atomic E-state index is 0. The molecule has 1 fully saturated rings. The van der Waals surface area contributed by atoms with Crippen LogP contribution < -0.4 is 11.1 Å². The number of halogens is 1. The van der Waals surface area contributed by atoms with Crippen molar-refractivity contribution in [3.05, 3.63) is 24.1 Å². The fraction of sp³-hybridized carbons (Fsp3) is 0.556. The third-order valence-corrected chi connectivity index (χ3v) is 4.49. The quantitative estimate of drug-likeness (QED) is 0.851. The molecule has 3 N–H and O–H groups in total. The Labute approximate surface area is 148 Å². The Morgan fingerprint density at radius 3 is 2.54 bits per heavy atom. The molecule has 0 bridgehead atoms. The van der Waals surface area contributed by atoms with E-state index in [1.54, 1.807) is 0 Å². The Morgan fingerprint density at radius 1 is 1.25 bits per heavy atom. The first kappa shape index (κ1) is 18.7. The molecule has 132 valence electrons. The van der Waals surface area contributed by atoms with Crippen LogP contribution in [-0.4, -0.2) is 16.4 Å². The molecule has 6 heteroatoms. The average molecular weight is 352 g/mol. The Hall–Kier alpha value is -1.59. The van der Waals surface area contributed by atoms with Crippen molar-refractivity contribution in [2.24, 2.45) is 5.73 Å². The van der Waals surface area contributed by atoms with Gasteiger partial charge in [0.2, 0.25) is 11.8 Å². The number of carbonyl (C=O) groups excluding carboxylic acids is 1. The van der Waals surface area contributed by atoms with Crippen molar-refractivity contribution in [3.8, 4) is 0 Å². The van der Waals surface area contributed by atoms with Gasteiger partial charge in [0.15, 0.2) is 5.58 Å². The van der Waals surface area contributed by atoms with Crippen LogP contribution in [0.2, 0.25) is 0 Å². The van der Waals surface area contributed by atoms with Crippen molar-refractivity contribution in [1.29, 1.82) is 0 Å². The van der Waals surface area contributed by atoms with Crippen LogP contribution in [0.5, 0.6) is 0 Å². The predicted octanol–water partition coefficient (Wildman–Crippen LogP) is 4.15.